The fraction of sp³-hybridized carbons (Fsp3) is 0.125. The molecule has 0 fully saturated rings. The smallest absolute Gasteiger partial charge is 0.337 e. The maximum Gasteiger partial charge on any atom is 0.337 e. The van der Waals surface area contributed by atoms with Gasteiger partial charge in [-0.2, -0.15) is 0 Å². The zero-order chi connectivity index (χ0) is 9.14. The third-order valence-corrected chi connectivity index (χ3v) is 2.38. The molecule has 0 aliphatic rings. The van der Waals surface area contributed by atoms with Gasteiger partial charge in [-0.15, -0.1) is 0 Å². The van der Waals surface area contributed by atoms with Crippen LogP contribution in [0, 0.1) is 0 Å². The first kappa shape index (κ1) is 9.31. The van der Waals surface area contributed by atoms with Crippen molar-refractivity contribution in [3.05, 3.63) is 29.3 Å². The van der Waals surface area contributed by atoms with Gasteiger partial charge in [0.2, 0.25) is 0 Å². The highest BCUT2D eigenvalue weighted by molar-refractivity contribution is 14.1. The number of benzene rings is 1. The van der Waals surface area contributed by atoms with E-state index in [0.717, 1.165) is 9.99 Å². The number of anilines is 1. The molecule has 0 aliphatic carbocycles. The maximum absolute atomic E-state index is 10.5. The third kappa shape index (κ3) is 1.88. The van der Waals surface area contributed by atoms with Crippen LogP contribution >= 0.6 is 22.6 Å². The van der Waals surface area contributed by atoms with Crippen molar-refractivity contribution in [2.75, 3.05) is 5.73 Å². The summed E-state index contributed by atoms with van der Waals surface area (Å²) in [7, 11) is 0. The van der Waals surface area contributed by atoms with Gasteiger partial charge in [-0.3, -0.25) is 0 Å². The average Bonchev–Trinajstić information content (AvgIpc) is 2.03. The lowest BCUT2D eigenvalue weighted by Gasteiger charge is -2.01. The fourth-order valence-electron chi connectivity index (χ4n) is 0.890. The highest BCUT2D eigenvalue weighted by atomic mass is 127. The zero-order valence-corrected chi connectivity index (χ0v) is 8.41. The van der Waals surface area contributed by atoms with Crippen LogP contribution in [0.2, 0.25) is 0 Å². The number of carboxylic acids is 1. The SMILES string of the molecule is Nc1cc(CI)ccc1C(=O)O. The Morgan fingerprint density at radius 2 is 2.25 bits per heavy atom. The highest BCUT2D eigenvalue weighted by Crippen LogP contribution is 2.16. The predicted molar refractivity (Wildman–Crippen MR) is 55.5 cm³/mol. The molecule has 0 amide bonds. The van der Waals surface area contributed by atoms with Gasteiger partial charge in [0.05, 0.1) is 5.56 Å². The van der Waals surface area contributed by atoms with E-state index in [1.165, 1.54) is 6.07 Å². The molecule has 4 heteroatoms. The second kappa shape index (κ2) is 3.75. The average molecular weight is 277 g/mol. The first-order valence-corrected chi connectivity index (χ1v) is 4.85. The van der Waals surface area contributed by atoms with Crippen LogP contribution in [0.4, 0.5) is 5.69 Å². The molecule has 12 heavy (non-hydrogen) atoms. The van der Waals surface area contributed by atoms with E-state index in [4.69, 9.17) is 10.8 Å². The standard InChI is InChI=1S/C8H8INO2/c9-4-5-1-2-6(8(11)12)7(10)3-5/h1-3H,4,10H2,(H,11,12). The summed E-state index contributed by atoms with van der Waals surface area (Å²) in [6.45, 7) is 0. The molecule has 1 aromatic rings. The van der Waals surface area contributed by atoms with E-state index < -0.39 is 5.97 Å². The van der Waals surface area contributed by atoms with Crippen molar-refractivity contribution < 1.29 is 9.90 Å². The number of nitrogen functional groups attached to an aromatic ring is 1. The van der Waals surface area contributed by atoms with Gasteiger partial charge in [-0.25, -0.2) is 4.79 Å². The quantitative estimate of drug-likeness (QED) is 0.493. The van der Waals surface area contributed by atoms with Crippen LogP contribution in [0.3, 0.4) is 0 Å². The molecule has 0 unspecified atom stereocenters. The Balaban J connectivity index is 3.12. The Morgan fingerprint density at radius 3 is 2.67 bits per heavy atom. The lowest BCUT2D eigenvalue weighted by molar-refractivity contribution is 0.0698. The van der Waals surface area contributed by atoms with Gasteiger partial charge < -0.3 is 10.8 Å². The summed E-state index contributed by atoms with van der Waals surface area (Å²) in [6, 6.07) is 4.99. The molecular formula is C8H8INO2. The van der Waals surface area contributed by atoms with Gasteiger partial charge in [0.25, 0.3) is 0 Å². The van der Waals surface area contributed by atoms with E-state index in [0.29, 0.717) is 5.69 Å². The second-order valence-corrected chi connectivity index (χ2v) is 3.12. The minimum Gasteiger partial charge on any atom is -0.478 e. The van der Waals surface area contributed by atoms with E-state index in [1.807, 2.05) is 0 Å². The third-order valence-electron chi connectivity index (χ3n) is 1.50. The Labute approximate surface area is 83.7 Å². The molecule has 0 aliphatic heterocycles. The van der Waals surface area contributed by atoms with Gasteiger partial charge in [-0.1, -0.05) is 28.7 Å². The molecule has 0 saturated heterocycles. The number of hydrogen-bond acceptors (Lipinski definition) is 2. The summed E-state index contributed by atoms with van der Waals surface area (Å²) < 4.78 is 0.835. The molecule has 64 valence electrons. The number of rotatable bonds is 2. The van der Waals surface area contributed by atoms with Gasteiger partial charge in [0.15, 0.2) is 0 Å². The molecule has 0 bridgehead atoms. The van der Waals surface area contributed by atoms with E-state index in [-0.39, 0.29) is 5.56 Å². The van der Waals surface area contributed by atoms with Crippen LogP contribution in [0.5, 0.6) is 0 Å². The predicted octanol–water partition coefficient (Wildman–Crippen LogP) is 1.90. The second-order valence-electron chi connectivity index (χ2n) is 2.36. The summed E-state index contributed by atoms with van der Waals surface area (Å²) in [5.74, 6) is -0.979. The topological polar surface area (TPSA) is 63.3 Å². The van der Waals surface area contributed by atoms with Crippen LogP contribution in [0.25, 0.3) is 0 Å². The van der Waals surface area contributed by atoms with E-state index in [1.54, 1.807) is 12.1 Å². The van der Waals surface area contributed by atoms with Crippen molar-refractivity contribution >= 4 is 34.2 Å². The highest BCUT2D eigenvalue weighted by Gasteiger charge is 2.06. The molecule has 0 heterocycles. The van der Waals surface area contributed by atoms with Crippen LogP contribution in [-0.4, -0.2) is 11.1 Å². The first-order chi connectivity index (χ1) is 5.65. The minimum absolute atomic E-state index is 0.170. The molecule has 0 spiro atoms. The van der Waals surface area contributed by atoms with Crippen molar-refractivity contribution in [1.29, 1.82) is 0 Å². The first-order valence-electron chi connectivity index (χ1n) is 3.33. The Morgan fingerprint density at radius 1 is 1.58 bits per heavy atom. The van der Waals surface area contributed by atoms with Crippen LogP contribution < -0.4 is 5.73 Å². The molecule has 3 N–H and O–H groups in total. The fourth-order valence-corrected chi connectivity index (χ4v) is 1.36. The number of carbonyl (C=O) groups is 1. The van der Waals surface area contributed by atoms with Gasteiger partial charge in [0.1, 0.15) is 0 Å². The molecule has 1 rings (SSSR count). The lowest BCUT2D eigenvalue weighted by atomic mass is 10.1. The van der Waals surface area contributed by atoms with E-state index in [9.17, 15) is 4.79 Å². The number of alkyl halides is 1. The van der Waals surface area contributed by atoms with E-state index in [2.05, 4.69) is 22.6 Å². The van der Waals surface area contributed by atoms with Crippen molar-refractivity contribution in [2.24, 2.45) is 0 Å². The van der Waals surface area contributed by atoms with Crippen molar-refractivity contribution in [3.8, 4) is 0 Å². The number of hydrogen-bond donors (Lipinski definition) is 2. The number of aromatic carboxylic acids is 1. The molecule has 1 aromatic carbocycles. The van der Waals surface area contributed by atoms with Gasteiger partial charge in [0, 0.05) is 10.1 Å². The minimum atomic E-state index is -0.979. The lowest BCUT2D eigenvalue weighted by Crippen LogP contribution is -2.02. The monoisotopic (exact) mass is 277 g/mol. The van der Waals surface area contributed by atoms with Gasteiger partial charge >= 0.3 is 5.97 Å². The Kier molecular flexibility index (Phi) is 2.91. The molecule has 0 saturated carbocycles. The van der Waals surface area contributed by atoms with Crippen molar-refractivity contribution in [3.63, 3.8) is 0 Å². The molecule has 0 aromatic heterocycles. The number of carboxylic acid groups (broad SMARTS) is 1. The summed E-state index contributed by atoms with van der Waals surface area (Å²) in [4.78, 5) is 10.5. The number of nitrogens with two attached hydrogens (primary N) is 1. The molecule has 3 nitrogen and oxygen atoms in total. The molecule has 0 atom stereocenters. The van der Waals surface area contributed by atoms with Crippen LogP contribution in [-0.2, 0) is 4.43 Å². The van der Waals surface area contributed by atoms with Crippen molar-refractivity contribution in [2.45, 2.75) is 4.43 Å². The normalized spacial score (nSPS) is 9.75. The largest absolute Gasteiger partial charge is 0.478 e. The number of halogens is 1. The van der Waals surface area contributed by atoms with Gasteiger partial charge in [-0.05, 0) is 17.7 Å². The van der Waals surface area contributed by atoms with Crippen LogP contribution in [0.15, 0.2) is 18.2 Å². The van der Waals surface area contributed by atoms with Crippen LogP contribution in [0.1, 0.15) is 15.9 Å². The Bertz CT molecular complexity index is 312. The summed E-state index contributed by atoms with van der Waals surface area (Å²) in [5.41, 5.74) is 7.05. The van der Waals surface area contributed by atoms with E-state index >= 15 is 0 Å². The molecular weight excluding hydrogens is 269 g/mol. The summed E-state index contributed by atoms with van der Waals surface area (Å²) in [5, 5.41) is 8.65. The summed E-state index contributed by atoms with van der Waals surface area (Å²) in [6.07, 6.45) is 0. The van der Waals surface area contributed by atoms with Crippen molar-refractivity contribution in [1.82, 2.24) is 0 Å². The zero-order valence-electron chi connectivity index (χ0n) is 6.25. The Hall–Kier alpha value is -0.780. The maximum atomic E-state index is 10.5. The summed E-state index contributed by atoms with van der Waals surface area (Å²) >= 11 is 2.20. The molecule has 0 radical (unpaired) electrons.